The number of likely N-dealkylation sites (N-methyl/N-ethyl adjacent to an activating group) is 2. The van der Waals surface area contributed by atoms with Crippen molar-refractivity contribution in [1.82, 2.24) is 15.5 Å². The van der Waals surface area contributed by atoms with Crippen LogP contribution in [0.1, 0.15) is 27.2 Å². The smallest absolute Gasteiger partial charge is 0.326 e. The largest absolute Gasteiger partial charge is 0.480 e. The first kappa shape index (κ1) is 17.2. The number of rotatable bonds is 7. The molecule has 19 heavy (non-hydrogen) atoms. The minimum atomic E-state index is -1.07. The maximum absolute atomic E-state index is 11.9. The van der Waals surface area contributed by atoms with Crippen molar-refractivity contribution in [3.63, 3.8) is 0 Å². The Labute approximate surface area is 113 Å². The van der Waals surface area contributed by atoms with Gasteiger partial charge in [0.2, 0.25) is 5.91 Å². The van der Waals surface area contributed by atoms with Gasteiger partial charge in [-0.3, -0.25) is 4.79 Å². The summed E-state index contributed by atoms with van der Waals surface area (Å²) in [5, 5.41) is 13.9. The number of carboxylic acid groups (broad SMARTS) is 1. The molecule has 0 spiro atoms. The number of hydrogen-bond donors (Lipinski definition) is 3. The van der Waals surface area contributed by atoms with Crippen molar-refractivity contribution in [1.29, 1.82) is 0 Å². The molecule has 0 aliphatic heterocycles. The van der Waals surface area contributed by atoms with Crippen LogP contribution in [0.2, 0.25) is 0 Å². The van der Waals surface area contributed by atoms with E-state index in [-0.39, 0.29) is 18.4 Å². The van der Waals surface area contributed by atoms with Gasteiger partial charge in [0.25, 0.3) is 0 Å². The molecule has 0 rings (SSSR count). The van der Waals surface area contributed by atoms with E-state index in [1.54, 1.807) is 6.92 Å². The van der Waals surface area contributed by atoms with Crippen LogP contribution >= 0.6 is 0 Å². The van der Waals surface area contributed by atoms with Crippen molar-refractivity contribution < 1.29 is 19.5 Å². The van der Waals surface area contributed by atoms with Gasteiger partial charge in [0, 0.05) is 13.6 Å². The quantitative estimate of drug-likeness (QED) is 0.619. The van der Waals surface area contributed by atoms with Crippen LogP contribution in [0.4, 0.5) is 4.79 Å². The fourth-order valence-electron chi connectivity index (χ4n) is 1.51. The molecular formula is C12H23N3O4. The molecule has 1 atom stereocenters. The fourth-order valence-corrected chi connectivity index (χ4v) is 1.51. The third kappa shape index (κ3) is 6.64. The minimum Gasteiger partial charge on any atom is -0.480 e. The molecule has 3 N–H and O–H groups in total. The SMILES string of the molecule is CCN(CC(=O)NC)C(=O)N[C@H](CC(C)C)C(=O)O. The van der Waals surface area contributed by atoms with E-state index in [1.807, 2.05) is 13.8 Å². The van der Waals surface area contributed by atoms with Crippen LogP contribution in [0, 0.1) is 5.92 Å². The van der Waals surface area contributed by atoms with Gasteiger partial charge in [-0.05, 0) is 19.3 Å². The molecule has 0 aliphatic rings. The zero-order valence-electron chi connectivity index (χ0n) is 11.9. The highest BCUT2D eigenvalue weighted by molar-refractivity contribution is 5.86. The summed E-state index contributed by atoms with van der Waals surface area (Å²) in [5.74, 6) is -1.22. The maximum atomic E-state index is 11.9. The molecule has 3 amide bonds. The Balaban J connectivity index is 4.59. The van der Waals surface area contributed by atoms with Gasteiger partial charge in [0.05, 0.1) is 0 Å². The van der Waals surface area contributed by atoms with Crippen LogP contribution in [0.5, 0.6) is 0 Å². The third-order valence-corrected chi connectivity index (χ3v) is 2.59. The van der Waals surface area contributed by atoms with Gasteiger partial charge in [0.1, 0.15) is 12.6 Å². The van der Waals surface area contributed by atoms with Crippen molar-refractivity contribution in [2.45, 2.75) is 33.2 Å². The number of nitrogens with one attached hydrogen (secondary N) is 2. The molecule has 0 unspecified atom stereocenters. The van der Waals surface area contributed by atoms with E-state index >= 15 is 0 Å². The van der Waals surface area contributed by atoms with Gasteiger partial charge < -0.3 is 20.6 Å². The second-order valence-corrected chi connectivity index (χ2v) is 4.66. The monoisotopic (exact) mass is 273 g/mol. The van der Waals surface area contributed by atoms with Gasteiger partial charge in [0.15, 0.2) is 0 Å². The molecular weight excluding hydrogens is 250 g/mol. The summed E-state index contributed by atoms with van der Waals surface area (Å²) >= 11 is 0. The molecule has 7 heteroatoms. The third-order valence-electron chi connectivity index (χ3n) is 2.59. The molecule has 0 aromatic rings. The Morgan fingerprint density at radius 2 is 1.84 bits per heavy atom. The molecule has 0 aromatic heterocycles. The number of hydrogen-bond acceptors (Lipinski definition) is 3. The molecule has 0 fully saturated rings. The lowest BCUT2D eigenvalue weighted by Crippen LogP contribution is -2.50. The summed E-state index contributed by atoms with van der Waals surface area (Å²) in [5.41, 5.74) is 0. The van der Waals surface area contributed by atoms with Crippen LogP contribution in [0.25, 0.3) is 0 Å². The fraction of sp³-hybridized carbons (Fsp3) is 0.750. The summed E-state index contributed by atoms with van der Waals surface area (Å²) in [4.78, 5) is 35.4. The molecule has 110 valence electrons. The summed E-state index contributed by atoms with van der Waals surface area (Å²) < 4.78 is 0. The lowest BCUT2D eigenvalue weighted by molar-refractivity contribution is -0.139. The summed E-state index contributed by atoms with van der Waals surface area (Å²) in [6, 6.07) is -1.48. The van der Waals surface area contributed by atoms with Crippen molar-refractivity contribution in [2.24, 2.45) is 5.92 Å². The van der Waals surface area contributed by atoms with E-state index in [0.717, 1.165) is 0 Å². The maximum Gasteiger partial charge on any atom is 0.326 e. The lowest BCUT2D eigenvalue weighted by atomic mass is 10.0. The van der Waals surface area contributed by atoms with Crippen molar-refractivity contribution in [2.75, 3.05) is 20.1 Å². The normalized spacial score (nSPS) is 11.8. The van der Waals surface area contributed by atoms with E-state index < -0.39 is 18.0 Å². The summed E-state index contributed by atoms with van der Waals surface area (Å²) in [6.45, 7) is 5.72. The van der Waals surface area contributed by atoms with E-state index in [2.05, 4.69) is 10.6 Å². The Morgan fingerprint density at radius 3 is 2.21 bits per heavy atom. The molecule has 0 aromatic carbocycles. The minimum absolute atomic E-state index is 0.0904. The number of nitrogens with zero attached hydrogens (tertiary/aromatic N) is 1. The molecule has 0 saturated carbocycles. The first-order valence-corrected chi connectivity index (χ1v) is 6.30. The summed E-state index contributed by atoms with van der Waals surface area (Å²) in [7, 11) is 1.48. The zero-order chi connectivity index (χ0) is 15.0. The van der Waals surface area contributed by atoms with Gasteiger partial charge in [-0.1, -0.05) is 13.8 Å². The average molecular weight is 273 g/mol. The van der Waals surface area contributed by atoms with E-state index in [4.69, 9.17) is 5.11 Å². The molecule has 7 nitrogen and oxygen atoms in total. The standard InChI is InChI=1S/C12H23N3O4/c1-5-15(7-10(16)13-4)12(19)14-9(11(17)18)6-8(2)3/h8-9H,5-7H2,1-4H3,(H,13,16)(H,14,19)(H,17,18)/t9-/m1/s1. The second-order valence-electron chi connectivity index (χ2n) is 4.66. The van der Waals surface area contributed by atoms with Crippen LogP contribution in [0.3, 0.4) is 0 Å². The first-order valence-electron chi connectivity index (χ1n) is 6.30. The topological polar surface area (TPSA) is 98.7 Å². The number of carbonyl (C=O) groups is 3. The average Bonchev–Trinajstić information content (AvgIpc) is 2.33. The Hall–Kier alpha value is -1.79. The predicted octanol–water partition coefficient (Wildman–Crippen LogP) is 0.263. The van der Waals surface area contributed by atoms with Crippen molar-refractivity contribution in [3.05, 3.63) is 0 Å². The van der Waals surface area contributed by atoms with Gasteiger partial charge in [-0.15, -0.1) is 0 Å². The van der Waals surface area contributed by atoms with E-state index in [9.17, 15) is 14.4 Å². The predicted molar refractivity (Wildman–Crippen MR) is 70.7 cm³/mol. The molecule has 0 bridgehead atoms. The van der Waals surface area contributed by atoms with Crippen LogP contribution < -0.4 is 10.6 Å². The van der Waals surface area contributed by atoms with E-state index in [1.165, 1.54) is 11.9 Å². The number of carboxylic acids is 1. The highest BCUT2D eigenvalue weighted by Gasteiger charge is 2.24. The highest BCUT2D eigenvalue weighted by atomic mass is 16.4. The number of amides is 3. The van der Waals surface area contributed by atoms with E-state index in [0.29, 0.717) is 13.0 Å². The zero-order valence-corrected chi connectivity index (χ0v) is 11.9. The Bertz CT molecular complexity index is 331. The van der Waals surface area contributed by atoms with Crippen LogP contribution in [-0.4, -0.2) is 54.1 Å². The lowest BCUT2D eigenvalue weighted by Gasteiger charge is -2.24. The second kappa shape index (κ2) is 8.34. The van der Waals surface area contributed by atoms with Gasteiger partial charge >= 0.3 is 12.0 Å². The van der Waals surface area contributed by atoms with Gasteiger partial charge in [-0.25, -0.2) is 9.59 Å². The molecule has 0 heterocycles. The highest BCUT2D eigenvalue weighted by Crippen LogP contribution is 2.05. The summed E-state index contributed by atoms with van der Waals surface area (Å²) in [6.07, 6.45) is 0.346. The van der Waals surface area contributed by atoms with Crippen molar-refractivity contribution in [3.8, 4) is 0 Å². The Morgan fingerprint density at radius 1 is 1.26 bits per heavy atom. The molecule has 0 saturated heterocycles. The first-order chi connectivity index (χ1) is 8.81. The number of aliphatic carboxylic acids is 1. The molecule has 0 aliphatic carbocycles. The van der Waals surface area contributed by atoms with Crippen LogP contribution in [-0.2, 0) is 9.59 Å². The Kier molecular flexibility index (Phi) is 7.55. The number of carbonyl (C=O) groups excluding carboxylic acids is 2. The number of urea groups is 1. The molecule has 0 radical (unpaired) electrons. The van der Waals surface area contributed by atoms with Crippen LogP contribution in [0.15, 0.2) is 0 Å². The van der Waals surface area contributed by atoms with Gasteiger partial charge in [-0.2, -0.15) is 0 Å². The van der Waals surface area contributed by atoms with Crippen molar-refractivity contribution >= 4 is 17.9 Å².